The molecular weight excluding hydrogens is 248 g/mol. The monoisotopic (exact) mass is 280 g/mol. The van der Waals surface area contributed by atoms with E-state index in [-0.39, 0.29) is 11.1 Å². The van der Waals surface area contributed by atoms with Crippen molar-refractivity contribution in [2.24, 2.45) is 0 Å². The molecular formula is C17H32N2O. The van der Waals surface area contributed by atoms with Crippen molar-refractivity contribution >= 4 is 0 Å². The number of hydrogen-bond donors (Lipinski definition) is 1. The molecule has 1 saturated carbocycles. The van der Waals surface area contributed by atoms with Crippen LogP contribution in [0.3, 0.4) is 0 Å². The molecule has 2 aliphatic heterocycles. The van der Waals surface area contributed by atoms with E-state index >= 15 is 0 Å². The van der Waals surface area contributed by atoms with Crippen molar-refractivity contribution in [2.75, 3.05) is 26.2 Å². The predicted molar refractivity (Wildman–Crippen MR) is 83.1 cm³/mol. The van der Waals surface area contributed by atoms with Gasteiger partial charge in [-0.3, -0.25) is 4.90 Å². The Morgan fingerprint density at radius 3 is 2.70 bits per heavy atom. The average molecular weight is 280 g/mol. The molecule has 116 valence electrons. The van der Waals surface area contributed by atoms with E-state index in [0.29, 0.717) is 6.10 Å². The van der Waals surface area contributed by atoms with E-state index in [4.69, 9.17) is 4.74 Å². The molecule has 3 fully saturated rings. The first-order valence-electron chi connectivity index (χ1n) is 8.72. The third-order valence-electron chi connectivity index (χ3n) is 5.44. The zero-order valence-corrected chi connectivity index (χ0v) is 13.4. The molecule has 3 rings (SSSR count). The summed E-state index contributed by atoms with van der Waals surface area (Å²) in [6.45, 7) is 9.32. The average Bonchev–Trinajstić information content (AvgIpc) is 2.68. The first-order valence-corrected chi connectivity index (χ1v) is 8.72. The Morgan fingerprint density at radius 2 is 1.90 bits per heavy atom. The lowest BCUT2D eigenvalue weighted by atomic mass is 9.83. The fraction of sp³-hybridized carbons (Fsp3) is 1.00. The lowest BCUT2D eigenvalue weighted by Crippen LogP contribution is -2.48. The SMILES string of the molecule is CC1(C)CN(CC2CCC3(CCCCC3)O2)CCCN1. The summed E-state index contributed by atoms with van der Waals surface area (Å²) < 4.78 is 6.54. The van der Waals surface area contributed by atoms with Crippen molar-refractivity contribution in [2.45, 2.75) is 82.5 Å². The van der Waals surface area contributed by atoms with Crippen molar-refractivity contribution in [3.05, 3.63) is 0 Å². The fourth-order valence-corrected chi connectivity index (χ4v) is 4.46. The Balaban J connectivity index is 1.53. The van der Waals surface area contributed by atoms with Crippen LogP contribution in [0.2, 0.25) is 0 Å². The van der Waals surface area contributed by atoms with Crippen LogP contribution in [0.4, 0.5) is 0 Å². The number of nitrogens with one attached hydrogen (secondary N) is 1. The molecule has 1 atom stereocenters. The Kier molecular flexibility index (Phi) is 4.40. The summed E-state index contributed by atoms with van der Waals surface area (Å²) in [5, 5.41) is 3.65. The third kappa shape index (κ3) is 3.55. The zero-order valence-electron chi connectivity index (χ0n) is 13.4. The highest BCUT2D eigenvalue weighted by atomic mass is 16.5. The highest BCUT2D eigenvalue weighted by molar-refractivity contribution is 4.93. The first kappa shape index (κ1) is 14.8. The van der Waals surface area contributed by atoms with Gasteiger partial charge in [-0.05, 0) is 59.0 Å². The molecule has 3 nitrogen and oxygen atoms in total. The van der Waals surface area contributed by atoms with Gasteiger partial charge in [0.2, 0.25) is 0 Å². The van der Waals surface area contributed by atoms with E-state index in [0.717, 1.165) is 19.6 Å². The number of nitrogens with zero attached hydrogens (tertiary/aromatic N) is 1. The third-order valence-corrected chi connectivity index (χ3v) is 5.44. The fourth-order valence-electron chi connectivity index (χ4n) is 4.46. The Labute approximate surface area is 124 Å². The predicted octanol–water partition coefficient (Wildman–Crippen LogP) is 2.94. The van der Waals surface area contributed by atoms with Crippen molar-refractivity contribution < 1.29 is 4.74 Å². The molecule has 20 heavy (non-hydrogen) atoms. The minimum atomic E-state index is 0.248. The standard InChI is InChI=1S/C17H32N2O/c1-16(2)14-19(12-6-11-18-16)13-15-7-10-17(20-15)8-4-3-5-9-17/h15,18H,3-14H2,1-2H3. The van der Waals surface area contributed by atoms with Crippen molar-refractivity contribution in [3.8, 4) is 0 Å². The molecule has 0 aromatic heterocycles. The maximum absolute atomic E-state index is 6.54. The molecule has 0 aromatic rings. The van der Waals surface area contributed by atoms with Gasteiger partial charge >= 0.3 is 0 Å². The summed E-state index contributed by atoms with van der Waals surface area (Å²) >= 11 is 0. The van der Waals surface area contributed by atoms with Crippen LogP contribution in [-0.2, 0) is 4.74 Å². The van der Waals surface area contributed by atoms with Crippen molar-refractivity contribution in [3.63, 3.8) is 0 Å². The molecule has 2 saturated heterocycles. The second-order valence-electron chi connectivity index (χ2n) is 7.92. The van der Waals surface area contributed by atoms with Crippen molar-refractivity contribution in [1.29, 1.82) is 0 Å². The Hall–Kier alpha value is -0.120. The lowest BCUT2D eigenvalue weighted by molar-refractivity contribution is -0.0723. The van der Waals surface area contributed by atoms with Gasteiger partial charge in [0.05, 0.1) is 11.7 Å². The number of rotatable bonds is 2. The second-order valence-corrected chi connectivity index (χ2v) is 7.92. The maximum Gasteiger partial charge on any atom is 0.0710 e. The van der Waals surface area contributed by atoms with Crippen LogP contribution in [0, 0.1) is 0 Å². The summed E-state index contributed by atoms with van der Waals surface area (Å²) in [6, 6.07) is 0. The van der Waals surface area contributed by atoms with Gasteiger partial charge in [-0.2, -0.15) is 0 Å². The van der Waals surface area contributed by atoms with Gasteiger partial charge in [-0.15, -0.1) is 0 Å². The van der Waals surface area contributed by atoms with Gasteiger partial charge in [-0.25, -0.2) is 0 Å². The molecule has 1 N–H and O–H groups in total. The first-order chi connectivity index (χ1) is 9.57. The molecule has 0 bridgehead atoms. The summed E-state index contributed by atoms with van der Waals surface area (Å²) in [6.07, 6.45) is 11.2. The summed E-state index contributed by atoms with van der Waals surface area (Å²) in [4.78, 5) is 2.63. The van der Waals surface area contributed by atoms with Crippen molar-refractivity contribution in [1.82, 2.24) is 10.2 Å². The van der Waals surface area contributed by atoms with E-state index < -0.39 is 0 Å². The minimum absolute atomic E-state index is 0.248. The number of ether oxygens (including phenoxy) is 1. The van der Waals surface area contributed by atoms with E-state index in [1.54, 1.807) is 0 Å². The van der Waals surface area contributed by atoms with Crippen LogP contribution in [0.25, 0.3) is 0 Å². The van der Waals surface area contributed by atoms with Gasteiger partial charge in [0.25, 0.3) is 0 Å². The largest absolute Gasteiger partial charge is 0.370 e. The van der Waals surface area contributed by atoms with Crippen LogP contribution in [0.1, 0.15) is 65.2 Å². The quantitative estimate of drug-likeness (QED) is 0.841. The molecule has 3 heteroatoms. The van der Waals surface area contributed by atoms with Gasteiger partial charge in [-0.1, -0.05) is 19.3 Å². The summed E-state index contributed by atoms with van der Waals surface area (Å²) in [5.74, 6) is 0. The maximum atomic E-state index is 6.54. The lowest BCUT2D eigenvalue weighted by Gasteiger charge is -2.35. The van der Waals surface area contributed by atoms with Crippen LogP contribution < -0.4 is 5.32 Å². The highest BCUT2D eigenvalue weighted by Gasteiger charge is 2.41. The molecule has 0 aromatic carbocycles. The van der Waals surface area contributed by atoms with E-state index in [1.165, 1.54) is 57.9 Å². The molecule has 3 aliphatic rings. The van der Waals surface area contributed by atoms with E-state index in [1.807, 2.05) is 0 Å². The van der Waals surface area contributed by atoms with Gasteiger partial charge < -0.3 is 10.1 Å². The van der Waals surface area contributed by atoms with Gasteiger partial charge in [0.1, 0.15) is 0 Å². The molecule has 2 heterocycles. The second kappa shape index (κ2) is 5.94. The van der Waals surface area contributed by atoms with E-state index in [2.05, 4.69) is 24.1 Å². The highest BCUT2D eigenvalue weighted by Crippen LogP contribution is 2.42. The van der Waals surface area contributed by atoms with Crippen LogP contribution in [0.5, 0.6) is 0 Å². The molecule has 1 aliphatic carbocycles. The normalized spacial score (nSPS) is 34.2. The summed E-state index contributed by atoms with van der Waals surface area (Å²) in [7, 11) is 0. The molecule has 1 spiro atoms. The molecule has 0 amide bonds. The number of hydrogen-bond acceptors (Lipinski definition) is 3. The van der Waals surface area contributed by atoms with Crippen LogP contribution in [0.15, 0.2) is 0 Å². The topological polar surface area (TPSA) is 24.5 Å². The van der Waals surface area contributed by atoms with Gasteiger partial charge in [0, 0.05) is 18.6 Å². The van der Waals surface area contributed by atoms with Crippen LogP contribution >= 0.6 is 0 Å². The van der Waals surface area contributed by atoms with Crippen LogP contribution in [-0.4, -0.2) is 48.3 Å². The Bertz CT molecular complexity index is 323. The smallest absolute Gasteiger partial charge is 0.0710 e. The van der Waals surface area contributed by atoms with E-state index in [9.17, 15) is 0 Å². The zero-order chi connectivity index (χ0) is 14.1. The Morgan fingerprint density at radius 1 is 1.10 bits per heavy atom. The minimum Gasteiger partial charge on any atom is -0.370 e. The van der Waals surface area contributed by atoms with Gasteiger partial charge in [0.15, 0.2) is 0 Å². The summed E-state index contributed by atoms with van der Waals surface area (Å²) in [5.41, 5.74) is 0.528. The molecule has 1 unspecified atom stereocenters. The molecule has 0 radical (unpaired) electrons.